The lowest BCUT2D eigenvalue weighted by Crippen LogP contribution is -2.13. The molecule has 0 fully saturated rings. The molecule has 0 saturated carbocycles. The second kappa shape index (κ2) is 9.78. The molecule has 0 radical (unpaired) electrons. The lowest BCUT2D eigenvalue weighted by atomic mass is 9.75. The maximum absolute atomic E-state index is 12.9. The predicted octanol–water partition coefficient (Wildman–Crippen LogP) is 4.56. The number of anilines is 2. The molecule has 3 aromatic heterocycles. The third-order valence-corrected chi connectivity index (χ3v) is 6.54. The van der Waals surface area contributed by atoms with E-state index < -0.39 is 0 Å². The molecule has 4 N–H and O–H groups in total. The maximum atomic E-state index is 12.9. The molecule has 0 atom stereocenters. The van der Waals surface area contributed by atoms with Crippen LogP contribution in [-0.2, 0) is 6.54 Å². The molecular formula is C29H25BN6O2. The first-order valence-electron chi connectivity index (χ1n) is 12.5. The highest BCUT2D eigenvalue weighted by atomic mass is 16.3. The van der Waals surface area contributed by atoms with Crippen molar-refractivity contribution in [1.29, 1.82) is 0 Å². The van der Waals surface area contributed by atoms with Gasteiger partial charge in [0.1, 0.15) is 17.3 Å². The minimum absolute atomic E-state index is 0.172. The number of carbonyl (C=O) groups excluding carboxylic acids is 1. The summed E-state index contributed by atoms with van der Waals surface area (Å²) >= 11 is 0. The first kappa shape index (κ1) is 23.4. The Morgan fingerprint density at radius 3 is 2.71 bits per heavy atom. The summed E-state index contributed by atoms with van der Waals surface area (Å²) in [5.41, 5.74) is 6.20. The predicted molar refractivity (Wildman–Crippen MR) is 153 cm³/mol. The normalized spacial score (nSPS) is 11.1. The Balaban J connectivity index is 1.25. The van der Waals surface area contributed by atoms with Crippen molar-refractivity contribution in [1.82, 2.24) is 19.6 Å². The van der Waals surface area contributed by atoms with Gasteiger partial charge < -0.3 is 20.7 Å². The molecule has 3 aromatic carbocycles. The topological polar surface area (TPSA) is 107 Å². The lowest BCUT2D eigenvalue weighted by molar-refractivity contribution is 0.102. The number of phenolic OH excluding ortho intramolecular Hbond substituents is 1. The van der Waals surface area contributed by atoms with Gasteiger partial charge in [0.15, 0.2) is 12.9 Å². The van der Waals surface area contributed by atoms with E-state index in [-0.39, 0.29) is 11.7 Å². The van der Waals surface area contributed by atoms with Gasteiger partial charge in [-0.1, -0.05) is 49.3 Å². The number of carbonyl (C=O) groups is 1. The zero-order valence-electron chi connectivity index (χ0n) is 20.8. The molecule has 186 valence electrons. The van der Waals surface area contributed by atoms with Crippen LogP contribution in [0, 0.1) is 0 Å². The van der Waals surface area contributed by atoms with E-state index in [1.807, 2.05) is 79.0 Å². The quantitative estimate of drug-likeness (QED) is 0.241. The number of nitrogens with zero attached hydrogens (tertiary/aromatic N) is 3. The molecule has 6 aromatic rings. The van der Waals surface area contributed by atoms with Crippen LogP contribution in [0.2, 0.25) is 6.82 Å². The molecule has 3 heterocycles. The van der Waals surface area contributed by atoms with Crippen LogP contribution in [0.3, 0.4) is 0 Å². The largest absolute Gasteiger partial charge is 0.507 e. The summed E-state index contributed by atoms with van der Waals surface area (Å²) in [6.07, 6.45) is 1.82. The van der Waals surface area contributed by atoms with Crippen molar-refractivity contribution < 1.29 is 9.90 Å². The molecule has 6 rings (SSSR count). The summed E-state index contributed by atoms with van der Waals surface area (Å²) in [6.45, 7) is 2.56. The number of hydrogen-bond donors (Lipinski definition) is 4. The molecule has 38 heavy (non-hydrogen) atoms. The molecule has 0 unspecified atom stereocenters. The average Bonchev–Trinajstić information content (AvgIpc) is 3.56. The fraction of sp³-hybridized carbons (Fsp3) is 0.0690. The van der Waals surface area contributed by atoms with Gasteiger partial charge in [-0.3, -0.25) is 4.79 Å². The summed E-state index contributed by atoms with van der Waals surface area (Å²) < 4.78 is 1.78. The lowest BCUT2D eigenvalue weighted by Gasteiger charge is -2.13. The second-order valence-electron chi connectivity index (χ2n) is 9.08. The molecule has 0 aliphatic heterocycles. The van der Waals surface area contributed by atoms with Gasteiger partial charge in [-0.25, -0.2) is 4.98 Å². The number of para-hydroxylation sites is 2. The highest BCUT2D eigenvalue weighted by molar-refractivity contribution is 6.54. The molecule has 0 spiro atoms. The molecule has 9 heteroatoms. The summed E-state index contributed by atoms with van der Waals surface area (Å²) in [4.78, 5) is 20.8. The van der Waals surface area contributed by atoms with Gasteiger partial charge in [0.2, 0.25) is 0 Å². The van der Waals surface area contributed by atoms with Crippen molar-refractivity contribution in [3.63, 3.8) is 0 Å². The van der Waals surface area contributed by atoms with Crippen LogP contribution >= 0.6 is 0 Å². The number of fused-ring (bicyclic) bond motifs is 2. The van der Waals surface area contributed by atoms with Crippen molar-refractivity contribution in [3.8, 4) is 17.0 Å². The Labute approximate surface area is 219 Å². The average molecular weight is 500 g/mol. The monoisotopic (exact) mass is 500 g/mol. The fourth-order valence-corrected chi connectivity index (χ4v) is 4.56. The number of hydrogen-bond acceptors (Lipinski definition) is 5. The van der Waals surface area contributed by atoms with Crippen LogP contribution in [0.4, 0.5) is 11.5 Å². The Bertz CT molecular complexity index is 1760. The Morgan fingerprint density at radius 1 is 1.03 bits per heavy atom. The number of aromatic amines is 1. The number of amides is 1. The zero-order valence-corrected chi connectivity index (χ0v) is 20.8. The highest BCUT2D eigenvalue weighted by Crippen LogP contribution is 2.29. The van der Waals surface area contributed by atoms with Gasteiger partial charge in [0, 0.05) is 41.0 Å². The van der Waals surface area contributed by atoms with Gasteiger partial charge in [-0.2, -0.15) is 9.61 Å². The first-order valence-corrected chi connectivity index (χ1v) is 12.5. The second-order valence-corrected chi connectivity index (χ2v) is 9.08. The van der Waals surface area contributed by atoms with Crippen LogP contribution in [0.25, 0.3) is 27.8 Å². The van der Waals surface area contributed by atoms with E-state index in [1.54, 1.807) is 16.6 Å². The molecule has 0 bridgehead atoms. The standard InChI is InChI=1S/C29H25BN6O2/c1-30-22-17-32-36-27(15-24(35-28(22)36)21-10-3-5-12-26(21)37)31-16-18-7-6-9-20(13-18)33-29(38)25-14-19-8-2-4-11-23(19)34-25/h2-15,17,30-31,34,37H,16H2,1H3,(H,33,38). The minimum Gasteiger partial charge on any atom is -0.507 e. The van der Waals surface area contributed by atoms with Crippen LogP contribution < -0.4 is 16.1 Å². The van der Waals surface area contributed by atoms with Gasteiger partial charge >= 0.3 is 0 Å². The van der Waals surface area contributed by atoms with E-state index in [4.69, 9.17) is 4.98 Å². The van der Waals surface area contributed by atoms with Crippen molar-refractivity contribution in [2.75, 3.05) is 10.6 Å². The SMILES string of the molecule is CBc1cnn2c(NCc3cccc(NC(=O)c4cc5ccccc5[nH]4)c3)cc(-c3ccccc3O)nc12. The van der Waals surface area contributed by atoms with Crippen LogP contribution in [0.5, 0.6) is 5.75 Å². The Hall–Kier alpha value is -5.05. The van der Waals surface area contributed by atoms with Crippen LogP contribution in [0.15, 0.2) is 91.1 Å². The number of rotatable bonds is 7. The Morgan fingerprint density at radius 2 is 1.87 bits per heavy atom. The van der Waals surface area contributed by atoms with Gasteiger partial charge in [-0.05, 0) is 47.4 Å². The minimum atomic E-state index is -0.196. The zero-order chi connectivity index (χ0) is 26.1. The van der Waals surface area contributed by atoms with E-state index in [2.05, 4.69) is 27.5 Å². The summed E-state index contributed by atoms with van der Waals surface area (Å²) in [6, 6.07) is 26.4. The number of aromatic nitrogens is 4. The van der Waals surface area contributed by atoms with Crippen molar-refractivity contribution in [2.45, 2.75) is 13.4 Å². The van der Waals surface area contributed by atoms with E-state index >= 15 is 0 Å². The summed E-state index contributed by atoms with van der Waals surface area (Å²) in [5, 5.41) is 22.4. The number of benzene rings is 3. The molecule has 0 saturated heterocycles. The third kappa shape index (κ3) is 4.46. The number of aromatic hydroxyl groups is 1. The number of nitrogens with one attached hydrogen (secondary N) is 3. The smallest absolute Gasteiger partial charge is 0.272 e. The van der Waals surface area contributed by atoms with E-state index in [1.165, 1.54) is 0 Å². The summed E-state index contributed by atoms with van der Waals surface area (Å²) in [5.74, 6) is 0.727. The molecule has 8 nitrogen and oxygen atoms in total. The first-order chi connectivity index (χ1) is 18.6. The summed E-state index contributed by atoms with van der Waals surface area (Å²) in [7, 11) is 0.790. The molecular weight excluding hydrogens is 475 g/mol. The Kier molecular flexibility index (Phi) is 6.01. The number of H-pyrrole nitrogens is 1. The van der Waals surface area contributed by atoms with Crippen LogP contribution in [-0.4, -0.2) is 37.9 Å². The molecule has 1 amide bonds. The third-order valence-electron chi connectivity index (χ3n) is 6.54. The van der Waals surface area contributed by atoms with Crippen molar-refractivity contribution >= 4 is 46.7 Å². The fourth-order valence-electron chi connectivity index (χ4n) is 4.56. The molecule has 0 aliphatic rings. The van der Waals surface area contributed by atoms with E-state index in [9.17, 15) is 9.90 Å². The number of phenols is 1. The highest BCUT2D eigenvalue weighted by Gasteiger charge is 2.14. The maximum Gasteiger partial charge on any atom is 0.272 e. The van der Waals surface area contributed by atoms with E-state index in [0.717, 1.165) is 40.7 Å². The van der Waals surface area contributed by atoms with Crippen molar-refractivity contribution in [3.05, 3.63) is 102 Å². The van der Waals surface area contributed by atoms with Gasteiger partial charge in [-0.15, -0.1) is 0 Å². The molecule has 0 aliphatic carbocycles. The van der Waals surface area contributed by atoms with E-state index in [0.29, 0.717) is 29.2 Å². The van der Waals surface area contributed by atoms with Crippen molar-refractivity contribution in [2.24, 2.45) is 0 Å². The van der Waals surface area contributed by atoms with Gasteiger partial charge in [0.05, 0.1) is 5.69 Å². The van der Waals surface area contributed by atoms with Gasteiger partial charge in [0.25, 0.3) is 5.91 Å². The van der Waals surface area contributed by atoms with Crippen LogP contribution in [0.1, 0.15) is 16.1 Å².